The maximum atomic E-state index is 12.8. The average molecular weight is 398 g/mol. The predicted molar refractivity (Wildman–Crippen MR) is 118 cm³/mol. The van der Waals surface area contributed by atoms with Gasteiger partial charge in [0.1, 0.15) is 5.75 Å². The van der Waals surface area contributed by atoms with Crippen LogP contribution in [0.3, 0.4) is 0 Å². The zero-order valence-electron chi connectivity index (χ0n) is 17.8. The number of carbonyl (C=O) groups excluding carboxylic acids is 1. The van der Waals surface area contributed by atoms with Crippen molar-refractivity contribution in [3.05, 3.63) is 35.9 Å². The molecular formula is C24H35N3O2. The lowest BCUT2D eigenvalue weighted by Gasteiger charge is -2.44. The van der Waals surface area contributed by atoms with Crippen LogP contribution in [0.5, 0.6) is 5.75 Å². The van der Waals surface area contributed by atoms with Gasteiger partial charge in [0.15, 0.2) is 0 Å². The molecule has 0 aromatic heterocycles. The molecule has 5 nitrogen and oxygen atoms in total. The fraction of sp³-hybridized carbons (Fsp3) is 0.625. The van der Waals surface area contributed by atoms with Gasteiger partial charge in [-0.2, -0.15) is 0 Å². The minimum absolute atomic E-state index is 0.347. The highest BCUT2D eigenvalue weighted by Gasteiger charge is 2.30. The van der Waals surface area contributed by atoms with Crippen LogP contribution in [0.25, 0.3) is 0 Å². The van der Waals surface area contributed by atoms with Crippen LogP contribution in [0, 0.1) is 0 Å². The highest BCUT2D eigenvalue weighted by Crippen LogP contribution is 2.25. The van der Waals surface area contributed by atoms with Crippen LogP contribution in [0.4, 0.5) is 5.69 Å². The number of piperazine rings is 1. The lowest BCUT2D eigenvalue weighted by atomic mass is 9.96. The summed E-state index contributed by atoms with van der Waals surface area (Å²) < 4.78 is 5.27. The fourth-order valence-electron chi connectivity index (χ4n) is 4.99. The molecule has 1 aromatic rings. The lowest BCUT2D eigenvalue weighted by Crippen LogP contribution is -2.55. The summed E-state index contributed by atoms with van der Waals surface area (Å²) in [6.45, 7) is 6.09. The maximum absolute atomic E-state index is 12.8. The second-order valence-corrected chi connectivity index (χ2v) is 8.64. The quantitative estimate of drug-likeness (QED) is 0.710. The van der Waals surface area contributed by atoms with Crippen molar-refractivity contribution in [3.63, 3.8) is 0 Å². The number of ether oxygens (including phenoxy) is 1. The van der Waals surface area contributed by atoms with E-state index < -0.39 is 0 Å². The van der Waals surface area contributed by atoms with E-state index in [1.54, 1.807) is 7.11 Å². The van der Waals surface area contributed by atoms with Gasteiger partial charge in [-0.1, -0.05) is 11.6 Å². The van der Waals surface area contributed by atoms with Crippen molar-refractivity contribution in [1.29, 1.82) is 0 Å². The number of likely N-dealkylation sites (tertiary alicyclic amines) is 1. The molecule has 1 amide bonds. The summed E-state index contributed by atoms with van der Waals surface area (Å²) in [5.41, 5.74) is 2.64. The van der Waals surface area contributed by atoms with E-state index in [1.165, 1.54) is 30.5 Å². The van der Waals surface area contributed by atoms with E-state index in [1.807, 2.05) is 12.1 Å². The third kappa shape index (κ3) is 5.13. The number of rotatable bonds is 5. The summed E-state index contributed by atoms with van der Waals surface area (Å²) in [6.07, 6.45) is 10.1. The molecule has 1 atom stereocenters. The number of nitrogens with zero attached hydrogens (tertiary/aromatic N) is 3. The number of carbonyl (C=O) groups is 1. The number of methoxy groups -OCH3 is 1. The number of hydrogen-bond acceptors (Lipinski definition) is 4. The Kier molecular flexibility index (Phi) is 6.75. The van der Waals surface area contributed by atoms with Crippen molar-refractivity contribution in [2.45, 2.75) is 51.0 Å². The number of hydrogen-bond donors (Lipinski definition) is 0. The first-order valence-corrected chi connectivity index (χ1v) is 11.3. The van der Waals surface area contributed by atoms with Crippen molar-refractivity contribution < 1.29 is 9.53 Å². The molecule has 158 valence electrons. The van der Waals surface area contributed by atoms with E-state index in [4.69, 9.17) is 4.74 Å². The Hall–Kier alpha value is -2.01. The second-order valence-electron chi connectivity index (χ2n) is 8.64. The van der Waals surface area contributed by atoms with Gasteiger partial charge in [0.2, 0.25) is 5.91 Å². The van der Waals surface area contributed by atoms with Crippen LogP contribution in [0.1, 0.15) is 44.9 Å². The average Bonchev–Trinajstić information content (AvgIpc) is 2.80. The Balaban J connectivity index is 1.27. The Morgan fingerprint density at radius 2 is 1.83 bits per heavy atom. The Morgan fingerprint density at radius 1 is 1.03 bits per heavy atom. The summed E-state index contributed by atoms with van der Waals surface area (Å²) in [5.74, 6) is 1.25. The van der Waals surface area contributed by atoms with Gasteiger partial charge in [-0.15, -0.1) is 0 Å². The van der Waals surface area contributed by atoms with Gasteiger partial charge in [-0.05, 0) is 62.8 Å². The summed E-state index contributed by atoms with van der Waals surface area (Å²) >= 11 is 0. The van der Waals surface area contributed by atoms with Gasteiger partial charge in [0, 0.05) is 57.4 Å². The first-order chi connectivity index (χ1) is 14.2. The molecule has 5 heteroatoms. The van der Waals surface area contributed by atoms with Crippen LogP contribution in [-0.2, 0) is 4.79 Å². The third-order valence-corrected chi connectivity index (χ3v) is 6.78. The molecule has 0 spiro atoms. The van der Waals surface area contributed by atoms with Crippen molar-refractivity contribution in [3.8, 4) is 5.75 Å². The zero-order valence-corrected chi connectivity index (χ0v) is 17.8. The molecule has 0 bridgehead atoms. The molecule has 3 aliphatic rings. The SMILES string of the molecule is COc1ccc(N2CCN(C3CCCN(C(=O)CC4=CCCCC4)C3)CC2)cc1. The molecule has 2 aliphatic heterocycles. The Bertz CT molecular complexity index is 707. The maximum Gasteiger partial charge on any atom is 0.226 e. The molecule has 2 saturated heterocycles. The molecule has 1 unspecified atom stereocenters. The minimum Gasteiger partial charge on any atom is -0.497 e. The largest absolute Gasteiger partial charge is 0.497 e. The summed E-state index contributed by atoms with van der Waals surface area (Å²) in [6, 6.07) is 8.89. The van der Waals surface area contributed by atoms with Crippen LogP contribution in [0.15, 0.2) is 35.9 Å². The molecule has 0 saturated carbocycles. The first-order valence-electron chi connectivity index (χ1n) is 11.3. The molecule has 2 fully saturated rings. The van der Waals surface area contributed by atoms with Crippen LogP contribution in [0.2, 0.25) is 0 Å². The Morgan fingerprint density at radius 3 is 2.52 bits per heavy atom. The van der Waals surface area contributed by atoms with Crippen molar-refractivity contribution in [2.75, 3.05) is 51.3 Å². The predicted octanol–water partition coefficient (Wildman–Crippen LogP) is 3.70. The lowest BCUT2D eigenvalue weighted by molar-refractivity contribution is -0.132. The highest BCUT2D eigenvalue weighted by atomic mass is 16.5. The van der Waals surface area contributed by atoms with Gasteiger partial charge in [0.25, 0.3) is 0 Å². The van der Waals surface area contributed by atoms with Crippen molar-refractivity contribution in [2.24, 2.45) is 0 Å². The fourth-order valence-corrected chi connectivity index (χ4v) is 4.99. The van der Waals surface area contributed by atoms with Gasteiger partial charge < -0.3 is 14.5 Å². The summed E-state index contributed by atoms with van der Waals surface area (Å²) in [7, 11) is 1.71. The number of benzene rings is 1. The van der Waals surface area contributed by atoms with Crippen molar-refractivity contribution in [1.82, 2.24) is 9.80 Å². The van der Waals surface area contributed by atoms with Gasteiger partial charge in [0.05, 0.1) is 7.11 Å². The first kappa shape index (κ1) is 20.3. The molecular weight excluding hydrogens is 362 g/mol. The molecule has 2 heterocycles. The minimum atomic E-state index is 0.347. The standard InChI is InChI=1S/C24H35N3O2/c1-29-23-11-9-21(10-12-23)25-14-16-26(17-15-25)22-8-5-13-27(19-22)24(28)18-20-6-3-2-4-7-20/h6,9-12,22H,2-5,7-8,13-19H2,1H3. The number of anilines is 1. The summed E-state index contributed by atoms with van der Waals surface area (Å²) in [4.78, 5) is 20.0. The monoisotopic (exact) mass is 397 g/mol. The summed E-state index contributed by atoms with van der Waals surface area (Å²) in [5, 5.41) is 0. The van der Waals surface area contributed by atoms with E-state index in [0.29, 0.717) is 18.4 Å². The smallest absolute Gasteiger partial charge is 0.226 e. The molecule has 1 aliphatic carbocycles. The zero-order chi connectivity index (χ0) is 20.1. The van der Waals surface area contributed by atoms with Crippen LogP contribution in [-0.4, -0.2) is 68.1 Å². The topological polar surface area (TPSA) is 36.0 Å². The molecule has 1 aromatic carbocycles. The highest BCUT2D eigenvalue weighted by molar-refractivity contribution is 5.79. The van der Waals surface area contributed by atoms with E-state index >= 15 is 0 Å². The van der Waals surface area contributed by atoms with Crippen molar-refractivity contribution >= 4 is 11.6 Å². The van der Waals surface area contributed by atoms with Crippen LogP contribution >= 0.6 is 0 Å². The van der Waals surface area contributed by atoms with Gasteiger partial charge in [-0.3, -0.25) is 9.69 Å². The van der Waals surface area contributed by atoms with E-state index in [0.717, 1.165) is 64.3 Å². The number of amides is 1. The Labute approximate surface area is 175 Å². The molecule has 0 N–H and O–H groups in total. The number of piperidine rings is 1. The normalized spacial score (nSPS) is 23.6. The van der Waals surface area contributed by atoms with Gasteiger partial charge >= 0.3 is 0 Å². The molecule has 0 radical (unpaired) electrons. The third-order valence-electron chi connectivity index (χ3n) is 6.78. The van der Waals surface area contributed by atoms with Crippen LogP contribution < -0.4 is 9.64 Å². The second kappa shape index (κ2) is 9.66. The van der Waals surface area contributed by atoms with Gasteiger partial charge in [-0.25, -0.2) is 0 Å². The van der Waals surface area contributed by atoms with E-state index in [9.17, 15) is 4.79 Å². The van der Waals surface area contributed by atoms with E-state index in [2.05, 4.69) is 32.9 Å². The number of allylic oxidation sites excluding steroid dienone is 1. The molecule has 4 rings (SSSR count). The molecule has 29 heavy (non-hydrogen) atoms. The van der Waals surface area contributed by atoms with E-state index in [-0.39, 0.29) is 0 Å².